The molecule has 3 aliphatic rings. The van der Waals surface area contributed by atoms with E-state index in [1.165, 1.54) is 16.8 Å². The van der Waals surface area contributed by atoms with Gasteiger partial charge in [0.1, 0.15) is 5.75 Å². The van der Waals surface area contributed by atoms with E-state index in [4.69, 9.17) is 9.47 Å². The Bertz CT molecular complexity index is 919. The van der Waals surface area contributed by atoms with Gasteiger partial charge in [0, 0.05) is 63.6 Å². The van der Waals surface area contributed by atoms with E-state index < -0.39 is 0 Å². The Hall–Kier alpha value is -2.61. The van der Waals surface area contributed by atoms with Crippen molar-refractivity contribution >= 4 is 17.3 Å². The van der Waals surface area contributed by atoms with Gasteiger partial charge in [-0.2, -0.15) is 0 Å². The van der Waals surface area contributed by atoms with Crippen molar-refractivity contribution in [2.45, 2.75) is 13.0 Å². The van der Waals surface area contributed by atoms with Crippen LogP contribution in [0.15, 0.2) is 42.5 Å². The number of hydrogen-bond acceptors (Lipinski definition) is 6. The lowest BCUT2D eigenvalue weighted by Gasteiger charge is -2.34. The quantitative estimate of drug-likeness (QED) is 0.750. The summed E-state index contributed by atoms with van der Waals surface area (Å²) in [6.45, 7) is 9.37. The van der Waals surface area contributed by atoms with Gasteiger partial charge in [0.05, 0.1) is 26.4 Å². The highest BCUT2D eigenvalue weighted by atomic mass is 16.5. The number of morpholine rings is 1. The molecular formula is C25H32N4O3. The minimum Gasteiger partial charge on any atom is -0.493 e. The average molecular weight is 437 g/mol. The number of hydrogen-bond donors (Lipinski definition) is 1. The van der Waals surface area contributed by atoms with Gasteiger partial charge >= 0.3 is 0 Å². The Kier molecular flexibility index (Phi) is 6.57. The number of piperazine rings is 1. The number of ether oxygens (including phenoxy) is 2. The SMILES string of the molecule is O=C(CN1CCN(Cc2ccc3c(c2)CCO3)CC1)Nc1ccc(N2CCOCC2)cc1. The van der Waals surface area contributed by atoms with E-state index >= 15 is 0 Å². The van der Waals surface area contributed by atoms with Crippen LogP contribution in [0.25, 0.3) is 0 Å². The summed E-state index contributed by atoms with van der Waals surface area (Å²) in [5, 5.41) is 3.05. The Morgan fingerprint density at radius 1 is 0.875 bits per heavy atom. The van der Waals surface area contributed by atoms with Crippen molar-refractivity contribution in [1.82, 2.24) is 9.80 Å². The van der Waals surface area contributed by atoms with Crippen LogP contribution in [0, 0.1) is 0 Å². The maximum atomic E-state index is 12.5. The third-order valence-corrected chi connectivity index (χ3v) is 6.52. The summed E-state index contributed by atoms with van der Waals surface area (Å²) >= 11 is 0. The van der Waals surface area contributed by atoms with Crippen molar-refractivity contribution in [2.24, 2.45) is 0 Å². The minimum atomic E-state index is 0.0520. The van der Waals surface area contributed by atoms with Crippen LogP contribution in [0.4, 0.5) is 11.4 Å². The highest BCUT2D eigenvalue weighted by Gasteiger charge is 2.20. The van der Waals surface area contributed by atoms with Gasteiger partial charge in [0.15, 0.2) is 0 Å². The number of carbonyl (C=O) groups excluding carboxylic acids is 1. The second-order valence-electron chi connectivity index (χ2n) is 8.79. The van der Waals surface area contributed by atoms with Crippen molar-refractivity contribution in [2.75, 3.05) is 75.9 Å². The van der Waals surface area contributed by atoms with Crippen LogP contribution in [-0.4, -0.2) is 81.3 Å². The lowest BCUT2D eigenvalue weighted by Crippen LogP contribution is -2.48. The molecule has 1 amide bonds. The van der Waals surface area contributed by atoms with Crippen LogP contribution in [0.5, 0.6) is 5.75 Å². The number of anilines is 2. The molecule has 2 saturated heterocycles. The van der Waals surface area contributed by atoms with Crippen molar-refractivity contribution < 1.29 is 14.3 Å². The lowest BCUT2D eigenvalue weighted by molar-refractivity contribution is -0.117. The fourth-order valence-corrected chi connectivity index (χ4v) is 4.68. The number of rotatable bonds is 6. The number of fused-ring (bicyclic) bond motifs is 1. The van der Waals surface area contributed by atoms with Crippen molar-refractivity contribution in [1.29, 1.82) is 0 Å². The highest BCUT2D eigenvalue weighted by molar-refractivity contribution is 5.92. The van der Waals surface area contributed by atoms with E-state index in [0.29, 0.717) is 6.54 Å². The van der Waals surface area contributed by atoms with E-state index in [-0.39, 0.29) is 5.91 Å². The summed E-state index contributed by atoms with van der Waals surface area (Å²) in [6.07, 6.45) is 1.02. The monoisotopic (exact) mass is 436 g/mol. The molecule has 0 unspecified atom stereocenters. The summed E-state index contributed by atoms with van der Waals surface area (Å²) in [6, 6.07) is 14.7. The summed E-state index contributed by atoms with van der Waals surface area (Å²) in [4.78, 5) is 19.6. The summed E-state index contributed by atoms with van der Waals surface area (Å²) in [5.41, 5.74) is 4.71. The number of nitrogens with one attached hydrogen (secondary N) is 1. The van der Waals surface area contributed by atoms with Gasteiger partial charge in [-0.15, -0.1) is 0 Å². The van der Waals surface area contributed by atoms with E-state index in [1.54, 1.807) is 0 Å². The molecule has 0 saturated carbocycles. The lowest BCUT2D eigenvalue weighted by atomic mass is 10.1. The van der Waals surface area contributed by atoms with Crippen LogP contribution in [-0.2, 0) is 22.5 Å². The molecule has 3 aliphatic heterocycles. The van der Waals surface area contributed by atoms with E-state index in [1.807, 2.05) is 12.1 Å². The van der Waals surface area contributed by atoms with E-state index in [2.05, 4.69) is 50.3 Å². The average Bonchev–Trinajstić information content (AvgIpc) is 3.29. The molecule has 170 valence electrons. The Labute approximate surface area is 189 Å². The zero-order valence-corrected chi connectivity index (χ0v) is 18.6. The van der Waals surface area contributed by atoms with Crippen LogP contribution >= 0.6 is 0 Å². The maximum absolute atomic E-state index is 12.5. The van der Waals surface area contributed by atoms with Crippen LogP contribution < -0.4 is 15.0 Å². The topological polar surface area (TPSA) is 57.3 Å². The van der Waals surface area contributed by atoms with Gasteiger partial charge in [-0.25, -0.2) is 0 Å². The smallest absolute Gasteiger partial charge is 0.238 e. The predicted octanol–water partition coefficient (Wildman–Crippen LogP) is 2.21. The Morgan fingerprint density at radius 3 is 2.41 bits per heavy atom. The summed E-state index contributed by atoms with van der Waals surface area (Å²) < 4.78 is 11.0. The molecule has 1 N–H and O–H groups in total. The largest absolute Gasteiger partial charge is 0.493 e. The third-order valence-electron chi connectivity index (χ3n) is 6.52. The number of carbonyl (C=O) groups is 1. The van der Waals surface area contributed by atoms with Crippen LogP contribution in [0.2, 0.25) is 0 Å². The molecule has 7 nitrogen and oxygen atoms in total. The highest BCUT2D eigenvalue weighted by Crippen LogP contribution is 2.26. The molecule has 2 aromatic carbocycles. The predicted molar refractivity (Wildman–Crippen MR) is 125 cm³/mol. The molecule has 0 radical (unpaired) electrons. The molecule has 0 aromatic heterocycles. The molecule has 5 rings (SSSR count). The molecule has 0 aliphatic carbocycles. The van der Waals surface area contributed by atoms with Gasteiger partial charge in [0.25, 0.3) is 0 Å². The van der Waals surface area contributed by atoms with Gasteiger partial charge < -0.3 is 19.7 Å². The first-order chi connectivity index (χ1) is 15.7. The maximum Gasteiger partial charge on any atom is 0.238 e. The van der Waals surface area contributed by atoms with Gasteiger partial charge in [0.2, 0.25) is 5.91 Å². The zero-order chi connectivity index (χ0) is 21.8. The van der Waals surface area contributed by atoms with E-state index in [9.17, 15) is 4.79 Å². The second-order valence-corrected chi connectivity index (χ2v) is 8.79. The van der Waals surface area contributed by atoms with Crippen LogP contribution in [0.1, 0.15) is 11.1 Å². The third kappa shape index (κ3) is 5.23. The first-order valence-electron chi connectivity index (χ1n) is 11.6. The van der Waals surface area contributed by atoms with Crippen LogP contribution in [0.3, 0.4) is 0 Å². The first-order valence-corrected chi connectivity index (χ1v) is 11.6. The molecule has 0 spiro atoms. The molecule has 0 bridgehead atoms. The molecule has 0 atom stereocenters. The number of benzene rings is 2. The summed E-state index contributed by atoms with van der Waals surface area (Å²) in [7, 11) is 0. The van der Waals surface area contributed by atoms with E-state index in [0.717, 1.165) is 83.5 Å². The summed E-state index contributed by atoms with van der Waals surface area (Å²) in [5.74, 6) is 1.09. The fraction of sp³-hybridized carbons (Fsp3) is 0.480. The zero-order valence-electron chi connectivity index (χ0n) is 18.6. The molecule has 32 heavy (non-hydrogen) atoms. The molecule has 2 fully saturated rings. The Morgan fingerprint density at radius 2 is 1.62 bits per heavy atom. The van der Waals surface area contributed by atoms with Crippen molar-refractivity contribution in [3.05, 3.63) is 53.6 Å². The minimum absolute atomic E-state index is 0.0520. The Balaban J connectivity index is 1.05. The fourth-order valence-electron chi connectivity index (χ4n) is 4.68. The number of amides is 1. The molecule has 2 aromatic rings. The first kappa shape index (κ1) is 21.2. The van der Waals surface area contributed by atoms with Crippen molar-refractivity contribution in [3.8, 4) is 5.75 Å². The second kappa shape index (κ2) is 9.90. The van der Waals surface area contributed by atoms with Gasteiger partial charge in [-0.3, -0.25) is 14.6 Å². The van der Waals surface area contributed by atoms with Gasteiger partial charge in [-0.1, -0.05) is 12.1 Å². The van der Waals surface area contributed by atoms with Gasteiger partial charge in [-0.05, 0) is 41.5 Å². The standard InChI is InChI=1S/C25H32N4O3/c30-25(26-22-2-4-23(5-3-22)29-12-15-31-16-13-29)19-28-10-8-27(9-11-28)18-20-1-6-24-21(17-20)7-14-32-24/h1-6,17H,7-16,18-19H2,(H,26,30). The van der Waals surface area contributed by atoms with Crippen molar-refractivity contribution in [3.63, 3.8) is 0 Å². The molecule has 7 heteroatoms. The molecular weight excluding hydrogens is 404 g/mol. The molecule has 3 heterocycles. The number of nitrogens with zero attached hydrogens (tertiary/aromatic N) is 3. The normalized spacial score (nSPS) is 19.4.